The van der Waals surface area contributed by atoms with Crippen LogP contribution in [0.25, 0.3) is 0 Å². The summed E-state index contributed by atoms with van der Waals surface area (Å²) < 4.78 is 32.3. The average molecular weight is 301 g/mol. The number of hydrogen-bond donors (Lipinski definition) is 1. The SMILES string of the molecule is CN1CCOC(CNCc2cc([N+](=O)[O-])c(F)cc2F)C1. The molecular weight excluding hydrogens is 284 g/mol. The molecule has 1 aromatic carbocycles. The first-order chi connectivity index (χ1) is 9.97. The molecule has 6 nitrogen and oxygen atoms in total. The molecule has 1 atom stereocenters. The highest BCUT2D eigenvalue weighted by atomic mass is 19.1. The van der Waals surface area contributed by atoms with Crippen LogP contribution in [-0.2, 0) is 11.3 Å². The van der Waals surface area contributed by atoms with Crippen molar-refractivity contribution in [3.8, 4) is 0 Å². The molecule has 1 heterocycles. The molecule has 1 unspecified atom stereocenters. The van der Waals surface area contributed by atoms with Crippen LogP contribution in [-0.4, -0.2) is 49.2 Å². The third-order valence-corrected chi connectivity index (χ3v) is 3.34. The highest BCUT2D eigenvalue weighted by molar-refractivity contribution is 5.37. The molecule has 0 radical (unpaired) electrons. The Balaban J connectivity index is 1.93. The van der Waals surface area contributed by atoms with E-state index in [9.17, 15) is 18.9 Å². The third kappa shape index (κ3) is 4.16. The van der Waals surface area contributed by atoms with Gasteiger partial charge in [0.2, 0.25) is 5.82 Å². The lowest BCUT2D eigenvalue weighted by Gasteiger charge is -2.30. The van der Waals surface area contributed by atoms with Gasteiger partial charge in [-0.25, -0.2) is 4.39 Å². The van der Waals surface area contributed by atoms with Crippen LogP contribution in [0.4, 0.5) is 14.5 Å². The third-order valence-electron chi connectivity index (χ3n) is 3.34. The van der Waals surface area contributed by atoms with Crippen molar-refractivity contribution in [2.24, 2.45) is 0 Å². The maximum atomic E-state index is 13.6. The van der Waals surface area contributed by atoms with Gasteiger partial charge >= 0.3 is 5.69 Å². The zero-order valence-electron chi connectivity index (χ0n) is 11.6. The summed E-state index contributed by atoms with van der Waals surface area (Å²) >= 11 is 0. The minimum atomic E-state index is -1.17. The van der Waals surface area contributed by atoms with Gasteiger partial charge in [0, 0.05) is 43.9 Å². The molecule has 1 aliphatic heterocycles. The van der Waals surface area contributed by atoms with Gasteiger partial charge in [-0.1, -0.05) is 0 Å². The van der Waals surface area contributed by atoms with Crippen molar-refractivity contribution in [2.45, 2.75) is 12.6 Å². The van der Waals surface area contributed by atoms with Crippen molar-refractivity contribution in [2.75, 3.05) is 33.3 Å². The molecule has 0 amide bonds. The van der Waals surface area contributed by atoms with Crippen LogP contribution in [0.5, 0.6) is 0 Å². The van der Waals surface area contributed by atoms with Gasteiger partial charge in [-0.05, 0) is 7.05 Å². The fourth-order valence-corrected chi connectivity index (χ4v) is 2.21. The second kappa shape index (κ2) is 6.88. The van der Waals surface area contributed by atoms with Gasteiger partial charge in [-0.15, -0.1) is 0 Å². The van der Waals surface area contributed by atoms with Crippen molar-refractivity contribution in [1.29, 1.82) is 0 Å². The molecule has 0 bridgehead atoms. The van der Waals surface area contributed by atoms with E-state index in [0.717, 1.165) is 19.2 Å². The summed E-state index contributed by atoms with van der Waals surface area (Å²) in [6, 6.07) is 1.46. The van der Waals surface area contributed by atoms with Crippen molar-refractivity contribution >= 4 is 5.69 Å². The topological polar surface area (TPSA) is 67.6 Å². The van der Waals surface area contributed by atoms with Crippen molar-refractivity contribution in [3.63, 3.8) is 0 Å². The second-order valence-electron chi connectivity index (χ2n) is 5.04. The second-order valence-corrected chi connectivity index (χ2v) is 5.04. The number of nitrogens with one attached hydrogen (secondary N) is 1. The van der Waals surface area contributed by atoms with E-state index in [4.69, 9.17) is 4.74 Å². The Morgan fingerprint density at radius 2 is 2.24 bits per heavy atom. The summed E-state index contributed by atoms with van der Waals surface area (Å²) in [5, 5.41) is 13.6. The van der Waals surface area contributed by atoms with Crippen LogP contribution in [0.15, 0.2) is 12.1 Å². The fourth-order valence-electron chi connectivity index (χ4n) is 2.21. The van der Waals surface area contributed by atoms with Gasteiger partial charge in [0.25, 0.3) is 0 Å². The first kappa shape index (κ1) is 15.7. The first-order valence-electron chi connectivity index (χ1n) is 6.60. The van der Waals surface area contributed by atoms with E-state index in [0.29, 0.717) is 19.2 Å². The molecule has 21 heavy (non-hydrogen) atoms. The van der Waals surface area contributed by atoms with E-state index in [1.807, 2.05) is 7.05 Å². The number of nitro benzene ring substituents is 1. The number of nitro groups is 1. The number of benzene rings is 1. The van der Waals surface area contributed by atoms with Crippen LogP contribution in [0.3, 0.4) is 0 Å². The van der Waals surface area contributed by atoms with Crippen molar-refractivity contribution < 1.29 is 18.4 Å². The predicted octanol–water partition coefficient (Wildman–Crippen LogP) is 1.29. The molecule has 1 aromatic rings. The summed E-state index contributed by atoms with van der Waals surface area (Å²) in [4.78, 5) is 11.9. The number of halogens is 2. The largest absolute Gasteiger partial charge is 0.374 e. The van der Waals surface area contributed by atoms with Crippen LogP contribution in [0.2, 0.25) is 0 Å². The summed E-state index contributed by atoms with van der Waals surface area (Å²) in [5.41, 5.74) is -0.658. The number of hydrogen-bond acceptors (Lipinski definition) is 5. The lowest BCUT2D eigenvalue weighted by Crippen LogP contribution is -2.44. The van der Waals surface area contributed by atoms with Gasteiger partial charge in [0.1, 0.15) is 5.82 Å². The molecule has 0 aliphatic carbocycles. The van der Waals surface area contributed by atoms with Crippen LogP contribution >= 0.6 is 0 Å². The van der Waals surface area contributed by atoms with Crippen LogP contribution in [0, 0.1) is 21.7 Å². The molecule has 1 saturated heterocycles. The van der Waals surface area contributed by atoms with Crippen molar-refractivity contribution in [3.05, 3.63) is 39.4 Å². The lowest BCUT2D eigenvalue weighted by atomic mass is 10.1. The Hall–Kier alpha value is -1.64. The summed E-state index contributed by atoms with van der Waals surface area (Å²) in [6.07, 6.45) is -0.0118. The predicted molar refractivity (Wildman–Crippen MR) is 72.0 cm³/mol. The van der Waals surface area contributed by atoms with Crippen molar-refractivity contribution in [1.82, 2.24) is 10.2 Å². The average Bonchev–Trinajstić information content (AvgIpc) is 2.41. The Kier molecular flexibility index (Phi) is 5.16. The van der Waals surface area contributed by atoms with Gasteiger partial charge in [-0.2, -0.15) is 4.39 Å². The molecule has 1 N–H and O–H groups in total. The van der Waals surface area contributed by atoms with Crippen LogP contribution < -0.4 is 5.32 Å². The molecule has 0 aromatic heterocycles. The molecule has 1 fully saturated rings. The van der Waals surface area contributed by atoms with Crippen LogP contribution in [0.1, 0.15) is 5.56 Å². The van der Waals surface area contributed by atoms with E-state index >= 15 is 0 Å². The normalized spacial score (nSPS) is 19.7. The first-order valence-corrected chi connectivity index (χ1v) is 6.60. The Morgan fingerprint density at radius 1 is 1.48 bits per heavy atom. The van der Waals surface area contributed by atoms with E-state index in [2.05, 4.69) is 10.2 Å². The minimum absolute atomic E-state index is 0.0118. The molecule has 2 rings (SSSR count). The molecule has 1 aliphatic rings. The summed E-state index contributed by atoms with van der Waals surface area (Å²) in [7, 11) is 1.98. The smallest absolute Gasteiger partial charge is 0.305 e. The van der Waals surface area contributed by atoms with Gasteiger partial charge in [0.05, 0.1) is 17.6 Å². The Labute approximate surface area is 120 Å². The minimum Gasteiger partial charge on any atom is -0.374 e. The molecule has 8 heteroatoms. The zero-order chi connectivity index (χ0) is 15.4. The lowest BCUT2D eigenvalue weighted by molar-refractivity contribution is -0.387. The monoisotopic (exact) mass is 301 g/mol. The Bertz CT molecular complexity index is 528. The summed E-state index contributed by atoms with van der Waals surface area (Å²) in [5.74, 6) is -1.97. The van der Waals surface area contributed by atoms with Gasteiger partial charge in [-0.3, -0.25) is 10.1 Å². The van der Waals surface area contributed by atoms with Gasteiger partial charge < -0.3 is 15.0 Å². The number of morpholine rings is 1. The molecule has 0 spiro atoms. The number of rotatable bonds is 5. The summed E-state index contributed by atoms with van der Waals surface area (Å²) in [6.45, 7) is 2.85. The van der Waals surface area contributed by atoms with E-state index in [1.54, 1.807) is 0 Å². The standard InChI is InChI=1S/C13H17F2N3O3/c1-17-2-3-21-10(8-17)7-16-6-9-4-13(18(19)20)12(15)5-11(9)14/h4-5,10,16H,2-3,6-8H2,1H3. The van der Waals surface area contributed by atoms with Gasteiger partial charge in [0.15, 0.2) is 0 Å². The maximum Gasteiger partial charge on any atom is 0.305 e. The highest BCUT2D eigenvalue weighted by Gasteiger charge is 2.20. The maximum absolute atomic E-state index is 13.6. The molecular formula is C13H17F2N3O3. The van der Waals surface area contributed by atoms with E-state index in [1.165, 1.54) is 0 Å². The Morgan fingerprint density at radius 3 is 2.90 bits per heavy atom. The van der Waals surface area contributed by atoms with E-state index in [-0.39, 0.29) is 18.2 Å². The quantitative estimate of drug-likeness (QED) is 0.656. The zero-order valence-corrected chi connectivity index (χ0v) is 11.6. The highest BCUT2D eigenvalue weighted by Crippen LogP contribution is 2.21. The van der Waals surface area contributed by atoms with E-state index < -0.39 is 22.2 Å². The number of nitrogens with zero attached hydrogens (tertiary/aromatic N) is 2. The number of ether oxygens (including phenoxy) is 1. The number of likely N-dealkylation sites (N-methyl/N-ethyl adjacent to an activating group) is 1. The fraction of sp³-hybridized carbons (Fsp3) is 0.538. The molecule has 116 valence electrons. The molecule has 0 saturated carbocycles.